The predicted molar refractivity (Wildman–Crippen MR) is 141 cm³/mol. The molecule has 0 saturated carbocycles. The zero-order valence-corrected chi connectivity index (χ0v) is 22.9. The van der Waals surface area contributed by atoms with Crippen LogP contribution in [0.4, 0.5) is 0 Å². The minimum absolute atomic E-state index is 0.530. The minimum atomic E-state index is -0.840. The van der Waals surface area contributed by atoms with Crippen molar-refractivity contribution >= 4 is 24.6 Å². The molecular weight excluding hydrogens is 495 g/mol. The fourth-order valence-electron chi connectivity index (χ4n) is 5.02. The van der Waals surface area contributed by atoms with Crippen LogP contribution >= 0.6 is 7.92 Å². The SMILES string of the molecule is CCCCC1=[C]([Zr][CH]2C(P(c3ccccc3)c3ccccc3)=Cc3ccccc32)CC=C1C. The van der Waals surface area contributed by atoms with Crippen LogP contribution in [0.2, 0.25) is 0 Å². The first kappa shape index (κ1) is 23.0. The number of rotatable bonds is 8. The van der Waals surface area contributed by atoms with Gasteiger partial charge in [0.05, 0.1) is 0 Å². The Kier molecular flexibility index (Phi) is 7.40. The van der Waals surface area contributed by atoms with E-state index in [0.717, 1.165) is 0 Å². The van der Waals surface area contributed by atoms with E-state index < -0.39 is 31.2 Å². The number of benzene rings is 3. The molecule has 0 saturated heterocycles. The van der Waals surface area contributed by atoms with Gasteiger partial charge in [0, 0.05) is 0 Å². The van der Waals surface area contributed by atoms with Gasteiger partial charge in [-0.15, -0.1) is 0 Å². The summed E-state index contributed by atoms with van der Waals surface area (Å²) in [6, 6.07) is 31.7. The van der Waals surface area contributed by atoms with Crippen molar-refractivity contribution in [2.45, 2.75) is 43.2 Å². The van der Waals surface area contributed by atoms with Gasteiger partial charge in [-0.05, 0) is 0 Å². The molecule has 3 aromatic rings. The third-order valence-electron chi connectivity index (χ3n) is 6.74. The van der Waals surface area contributed by atoms with Crippen LogP contribution in [0.5, 0.6) is 0 Å². The molecule has 0 amide bonds. The van der Waals surface area contributed by atoms with Crippen molar-refractivity contribution in [3.8, 4) is 0 Å². The molecule has 0 spiro atoms. The summed E-state index contributed by atoms with van der Waals surface area (Å²) in [6.45, 7) is 4.66. The molecule has 0 fully saturated rings. The molecule has 0 heterocycles. The van der Waals surface area contributed by atoms with Gasteiger partial charge in [0.25, 0.3) is 0 Å². The average molecular weight is 526 g/mol. The molecule has 0 N–H and O–H groups in total. The van der Waals surface area contributed by atoms with Crippen LogP contribution in [-0.2, 0) is 23.2 Å². The standard InChI is InChI=1S/C21H16P.C10H15.Zr/c1-3-11-19(12-4-1)22(20-13-5-2-6-14-20)21-15-17-9-7-8-10-18(17)16-21;1-3-4-7-10-8-5-6-9(10)2;/h1-16H;6H,3-5,7H2,1-2H3;. The molecular formula is C31H31PZr. The molecule has 0 aliphatic heterocycles. The van der Waals surface area contributed by atoms with Gasteiger partial charge < -0.3 is 0 Å². The van der Waals surface area contributed by atoms with Crippen molar-refractivity contribution in [2.24, 2.45) is 0 Å². The summed E-state index contributed by atoms with van der Waals surface area (Å²) in [7, 11) is -0.530. The van der Waals surface area contributed by atoms with E-state index in [0.29, 0.717) is 3.63 Å². The summed E-state index contributed by atoms with van der Waals surface area (Å²) in [4.78, 5) is 0. The van der Waals surface area contributed by atoms with Gasteiger partial charge in [0.2, 0.25) is 0 Å². The van der Waals surface area contributed by atoms with E-state index in [1.165, 1.54) is 41.9 Å². The summed E-state index contributed by atoms with van der Waals surface area (Å²) in [5, 5.41) is 4.63. The molecule has 1 unspecified atom stereocenters. The van der Waals surface area contributed by atoms with Crippen LogP contribution in [0.1, 0.15) is 54.3 Å². The molecule has 33 heavy (non-hydrogen) atoms. The molecule has 5 rings (SSSR count). The summed E-state index contributed by atoms with van der Waals surface area (Å²) in [5.74, 6) is 0. The normalized spacial score (nSPS) is 17.2. The van der Waals surface area contributed by atoms with Gasteiger partial charge in [-0.25, -0.2) is 0 Å². The fraction of sp³-hybridized carbons (Fsp3) is 0.226. The quantitative estimate of drug-likeness (QED) is 0.261. The van der Waals surface area contributed by atoms with Crippen molar-refractivity contribution < 1.29 is 23.2 Å². The maximum atomic E-state index is 2.56. The molecule has 0 bridgehead atoms. The Morgan fingerprint density at radius 3 is 2.15 bits per heavy atom. The third kappa shape index (κ3) is 4.87. The van der Waals surface area contributed by atoms with Gasteiger partial charge in [0.1, 0.15) is 0 Å². The monoisotopic (exact) mass is 524 g/mol. The van der Waals surface area contributed by atoms with Gasteiger partial charge in [-0.1, -0.05) is 0 Å². The molecule has 0 nitrogen and oxygen atoms in total. The number of hydrogen-bond acceptors (Lipinski definition) is 0. The first-order valence-corrected chi connectivity index (χ1v) is 16.1. The van der Waals surface area contributed by atoms with Gasteiger partial charge >= 0.3 is 213 Å². The first-order chi connectivity index (χ1) is 16.3. The van der Waals surface area contributed by atoms with E-state index >= 15 is 0 Å². The summed E-state index contributed by atoms with van der Waals surface area (Å²) in [5.41, 5.74) is 6.32. The molecule has 0 aromatic heterocycles. The van der Waals surface area contributed by atoms with E-state index in [4.69, 9.17) is 0 Å². The number of fused-ring (bicyclic) bond motifs is 1. The van der Waals surface area contributed by atoms with Crippen molar-refractivity contribution in [2.75, 3.05) is 0 Å². The molecule has 3 aromatic carbocycles. The second-order valence-electron chi connectivity index (χ2n) is 8.93. The second-order valence-corrected chi connectivity index (χ2v) is 14.8. The average Bonchev–Trinajstić information content (AvgIpc) is 3.39. The molecule has 2 aliphatic rings. The Morgan fingerprint density at radius 1 is 0.848 bits per heavy atom. The summed E-state index contributed by atoms with van der Waals surface area (Å²) < 4.78 is 2.47. The van der Waals surface area contributed by atoms with Crippen LogP contribution in [0.15, 0.2) is 111 Å². The third-order valence-corrected chi connectivity index (χ3v) is 14.2. The summed E-state index contributed by atoms with van der Waals surface area (Å²) in [6.07, 6.45) is 10.1. The first-order valence-electron chi connectivity index (χ1n) is 12.1. The van der Waals surface area contributed by atoms with Crippen molar-refractivity contribution in [1.29, 1.82) is 0 Å². The second kappa shape index (κ2) is 10.6. The van der Waals surface area contributed by atoms with Crippen LogP contribution in [0, 0.1) is 0 Å². The Balaban J connectivity index is 1.59. The molecule has 2 heteroatoms. The van der Waals surface area contributed by atoms with Crippen LogP contribution in [0.25, 0.3) is 6.08 Å². The summed E-state index contributed by atoms with van der Waals surface area (Å²) >= 11 is -0.840. The van der Waals surface area contributed by atoms with E-state index in [-0.39, 0.29) is 0 Å². The van der Waals surface area contributed by atoms with Crippen molar-refractivity contribution in [1.82, 2.24) is 0 Å². The maximum absolute atomic E-state index is 2.56. The predicted octanol–water partition coefficient (Wildman–Crippen LogP) is 8.09. The van der Waals surface area contributed by atoms with E-state index in [1.807, 2.05) is 3.28 Å². The molecule has 0 radical (unpaired) electrons. The Morgan fingerprint density at radius 2 is 1.48 bits per heavy atom. The van der Waals surface area contributed by atoms with Gasteiger partial charge in [0.15, 0.2) is 0 Å². The Bertz CT molecular complexity index is 1160. The van der Waals surface area contributed by atoms with Crippen LogP contribution in [0.3, 0.4) is 0 Å². The van der Waals surface area contributed by atoms with E-state index in [1.54, 1.807) is 22.0 Å². The topological polar surface area (TPSA) is 0 Å². The van der Waals surface area contributed by atoms with Crippen LogP contribution in [-0.4, -0.2) is 0 Å². The Hall–Kier alpha value is -1.81. The number of allylic oxidation sites excluding steroid dienone is 5. The van der Waals surface area contributed by atoms with Crippen LogP contribution < -0.4 is 10.6 Å². The molecule has 2 aliphatic carbocycles. The Labute approximate surface area is 211 Å². The zero-order valence-electron chi connectivity index (χ0n) is 19.6. The van der Waals surface area contributed by atoms with Gasteiger partial charge in [-0.2, -0.15) is 0 Å². The molecule has 1 atom stereocenters. The number of hydrogen-bond donors (Lipinski definition) is 0. The number of unbranched alkanes of at least 4 members (excludes halogenated alkanes) is 1. The van der Waals surface area contributed by atoms with Crippen molar-refractivity contribution in [3.05, 3.63) is 122 Å². The van der Waals surface area contributed by atoms with E-state index in [2.05, 4.69) is 111 Å². The molecule has 164 valence electrons. The zero-order chi connectivity index (χ0) is 22.6. The van der Waals surface area contributed by atoms with Gasteiger partial charge in [-0.3, -0.25) is 0 Å². The fourth-order valence-corrected chi connectivity index (χ4v) is 13.1. The van der Waals surface area contributed by atoms with Crippen molar-refractivity contribution in [3.63, 3.8) is 0 Å². The van der Waals surface area contributed by atoms with E-state index in [9.17, 15) is 0 Å².